The first-order chi connectivity index (χ1) is 7.86. The standard InChI is InChI=1S/C11H11N5/c1-12-10-9(8-4-3-5-14-6-8)15-7-16-11(10)13-2/h3-7H,1H2,2H3,(H,13,15,16). The molecular weight excluding hydrogens is 202 g/mol. The summed E-state index contributed by atoms with van der Waals surface area (Å²) in [5.41, 5.74) is 2.25. The van der Waals surface area contributed by atoms with E-state index in [1.54, 1.807) is 19.4 Å². The first kappa shape index (κ1) is 10.2. The molecule has 2 aromatic heterocycles. The zero-order valence-electron chi connectivity index (χ0n) is 8.88. The summed E-state index contributed by atoms with van der Waals surface area (Å²) in [7, 11) is 1.78. The Hall–Kier alpha value is -2.30. The maximum Gasteiger partial charge on any atom is 0.155 e. The van der Waals surface area contributed by atoms with Crippen LogP contribution in [0.5, 0.6) is 0 Å². The van der Waals surface area contributed by atoms with Crippen LogP contribution in [0.3, 0.4) is 0 Å². The topological polar surface area (TPSA) is 63.1 Å². The van der Waals surface area contributed by atoms with Gasteiger partial charge in [-0.15, -0.1) is 0 Å². The van der Waals surface area contributed by atoms with Crippen LogP contribution in [0.15, 0.2) is 35.8 Å². The number of rotatable bonds is 3. The van der Waals surface area contributed by atoms with Gasteiger partial charge in [-0.3, -0.25) is 9.98 Å². The van der Waals surface area contributed by atoms with Crippen molar-refractivity contribution >= 4 is 18.2 Å². The Balaban J connectivity index is 2.61. The highest BCUT2D eigenvalue weighted by molar-refractivity contribution is 5.80. The summed E-state index contributed by atoms with van der Waals surface area (Å²) in [6, 6.07) is 3.77. The van der Waals surface area contributed by atoms with E-state index in [0.717, 1.165) is 11.3 Å². The molecule has 0 saturated carbocycles. The van der Waals surface area contributed by atoms with E-state index in [4.69, 9.17) is 0 Å². The van der Waals surface area contributed by atoms with Gasteiger partial charge in [0.2, 0.25) is 0 Å². The zero-order valence-corrected chi connectivity index (χ0v) is 8.88. The Kier molecular flexibility index (Phi) is 2.86. The molecule has 0 unspecified atom stereocenters. The fourth-order valence-electron chi connectivity index (χ4n) is 1.43. The fourth-order valence-corrected chi connectivity index (χ4v) is 1.43. The van der Waals surface area contributed by atoms with Crippen LogP contribution in [0, 0.1) is 0 Å². The van der Waals surface area contributed by atoms with Crippen molar-refractivity contribution < 1.29 is 0 Å². The molecule has 0 fully saturated rings. The molecule has 2 heterocycles. The summed E-state index contributed by atoms with van der Waals surface area (Å²) in [4.78, 5) is 16.3. The largest absolute Gasteiger partial charge is 0.371 e. The quantitative estimate of drug-likeness (QED) is 0.791. The number of anilines is 1. The summed E-state index contributed by atoms with van der Waals surface area (Å²) in [5, 5.41) is 2.95. The van der Waals surface area contributed by atoms with Crippen molar-refractivity contribution in [3.8, 4) is 11.3 Å². The predicted octanol–water partition coefficient (Wildman–Crippen LogP) is 1.91. The van der Waals surface area contributed by atoms with E-state index in [-0.39, 0.29) is 0 Å². The van der Waals surface area contributed by atoms with E-state index in [0.29, 0.717) is 11.5 Å². The normalized spacial score (nSPS) is 9.81. The van der Waals surface area contributed by atoms with Crippen molar-refractivity contribution in [3.63, 3.8) is 0 Å². The first-order valence-electron chi connectivity index (χ1n) is 4.76. The third-order valence-corrected chi connectivity index (χ3v) is 2.15. The number of hydrogen-bond donors (Lipinski definition) is 1. The highest BCUT2D eigenvalue weighted by Crippen LogP contribution is 2.31. The van der Waals surface area contributed by atoms with E-state index in [1.807, 2.05) is 12.1 Å². The fraction of sp³-hybridized carbons (Fsp3) is 0.0909. The maximum atomic E-state index is 4.20. The highest BCUT2D eigenvalue weighted by Gasteiger charge is 2.10. The van der Waals surface area contributed by atoms with E-state index >= 15 is 0 Å². The van der Waals surface area contributed by atoms with Gasteiger partial charge >= 0.3 is 0 Å². The van der Waals surface area contributed by atoms with Gasteiger partial charge in [0, 0.05) is 25.0 Å². The Bertz CT molecular complexity index is 495. The Morgan fingerprint density at radius 1 is 1.38 bits per heavy atom. The molecule has 0 aliphatic heterocycles. The lowest BCUT2D eigenvalue weighted by molar-refractivity contribution is 1.15. The van der Waals surface area contributed by atoms with Gasteiger partial charge in [0.05, 0.1) is 0 Å². The molecule has 0 aromatic carbocycles. The number of aromatic nitrogens is 3. The van der Waals surface area contributed by atoms with E-state index < -0.39 is 0 Å². The van der Waals surface area contributed by atoms with Crippen LogP contribution >= 0.6 is 0 Å². The lowest BCUT2D eigenvalue weighted by atomic mass is 10.2. The summed E-state index contributed by atoms with van der Waals surface area (Å²) in [6.07, 6.45) is 4.93. The summed E-state index contributed by atoms with van der Waals surface area (Å²) in [6.45, 7) is 3.54. The van der Waals surface area contributed by atoms with Gasteiger partial charge in [0.25, 0.3) is 0 Å². The van der Waals surface area contributed by atoms with E-state index in [2.05, 4.69) is 32.0 Å². The van der Waals surface area contributed by atoms with Crippen LogP contribution in [0.2, 0.25) is 0 Å². The van der Waals surface area contributed by atoms with Gasteiger partial charge in [-0.2, -0.15) is 0 Å². The number of aliphatic imine (C=N–C) groups is 1. The average molecular weight is 213 g/mol. The highest BCUT2D eigenvalue weighted by atomic mass is 15.0. The van der Waals surface area contributed by atoms with Crippen LogP contribution in [0.1, 0.15) is 0 Å². The van der Waals surface area contributed by atoms with Gasteiger partial charge in [-0.25, -0.2) is 9.97 Å². The van der Waals surface area contributed by atoms with Gasteiger partial charge in [-0.1, -0.05) is 0 Å². The molecule has 0 amide bonds. The van der Waals surface area contributed by atoms with Crippen molar-refractivity contribution in [2.45, 2.75) is 0 Å². The number of nitrogens with zero attached hydrogens (tertiary/aromatic N) is 4. The monoisotopic (exact) mass is 213 g/mol. The average Bonchev–Trinajstić information content (AvgIpc) is 2.38. The number of hydrogen-bond acceptors (Lipinski definition) is 5. The molecule has 0 spiro atoms. The second-order valence-electron chi connectivity index (χ2n) is 3.07. The van der Waals surface area contributed by atoms with Gasteiger partial charge in [-0.05, 0) is 18.9 Å². The molecule has 2 rings (SSSR count). The van der Waals surface area contributed by atoms with Crippen molar-refractivity contribution in [1.82, 2.24) is 15.0 Å². The van der Waals surface area contributed by atoms with Crippen LogP contribution < -0.4 is 5.32 Å². The van der Waals surface area contributed by atoms with Crippen molar-refractivity contribution in [2.24, 2.45) is 4.99 Å². The lowest BCUT2D eigenvalue weighted by Gasteiger charge is -2.07. The van der Waals surface area contributed by atoms with E-state index in [1.165, 1.54) is 6.33 Å². The third kappa shape index (κ3) is 1.75. The molecule has 0 aliphatic rings. The summed E-state index contributed by atoms with van der Waals surface area (Å²) >= 11 is 0. The Labute approximate surface area is 93.3 Å². The number of pyridine rings is 1. The molecule has 5 nitrogen and oxygen atoms in total. The minimum absolute atomic E-state index is 0.637. The minimum Gasteiger partial charge on any atom is -0.371 e. The summed E-state index contributed by atoms with van der Waals surface area (Å²) in [5.74, 6) is 0.656. The second kappa shape index (κ2) is 4.48. The molecule has 80 valence electrons. The van der Waals surface area contributed by atoms with Crippen LogP contribution in [0.25, 0.3) is 11.3 Å². The molecular formula is C11H11N5. The van der Waals surface area contributed by atoms with Crippen molar-refractivity contribution in [2.75, 3.05) is 12.4 Å². The molecule has 0 atom stereocenters. The molecule has 0 saturated heterocycles. The van der Waals surface area contributed by atoms with E-state index in [9.17, 15) is 0 Å². The lowest BCUT2D eigenvalue weighted by Crippen LogP contribution is -1.96. The molecule has 2 aromatic rings. The van der Waals surface area contributed by atoms with Crippen LogP contribution in [-0.4, -0.2) is 28.7 Å². The van der Waals surface area contributed by atoms with Crippen molar-refractivity contribution in [1.29, 1.82) is 0 Å². The summed E-state index contributed by atoms with van der Waals surface area (Å²) < 4.78 is 0. The van der Waals surface area contributed by atoms with Gasteiger partial charge < -0.3 is 5.32 Å². The van der Waals surface area contributed by atoms with Gasteiger partial charge in [0.1, 0.15) is 17.7 Å². The Morgan fingerprint density at radius 3 is 2.88 bits per heavy atom. The second-order valence-corrected chi connectivity index (χ2v) is 3.07. The molecule has 1 N–H and O–H groups in total. The number of nitrogens with one attached hydrogen (secondary N) is 1. The Morgan fingerprint density at radius 2 is 2.25 bits per heavy atom. The first-order valence-corrected chi connectivity index (χ1v) is 4.76. The molecule has 16 heavy (non-hydrogen) atoms. The zero-order chi connectivity index (χ0) is 11.4. The smallest absolute Gasteiger partial charge is 0.155 e. The maximum absolute atomic E-state index is 4.20. The van der Waals surface area contributed by atoms with Crippen LogP contribution in [0.4, 0.5) is 11.5 Å². The van der Waals surface area contributed by atoms with Crippen molar-refractivity contribution in [3.05, 3.63) is 30.9 Å². The molecule has 0 radical (unpaired) electrons. The predicted molar refractivity (Wildman–Crippen MR) is 64.0 cm³/mol. The van der Waals surface area contributed by atoms with Gasteiger partial charge in [0.15, 0.2) is 5.82 Å². The molecule has 5 heteroatoms. The SMILES string of the molecule is C=Nc1c(NC)ncnc1-c1cccnc1. The minimum atomic E-state index is 0.637. The molecule has 0 bridgehead atoms. The third-order valence-electron chi connectivity index (χ3n) is 2.15. The van der Waals surface area contributed by atoms with Crippen LogP contribution in [-0.2, 0) is 0 Å². The molecule has 0 aliphatic carbocycles.